The number of thiazole rings is 1. The van der Waals surface area contributed by atoms with Gasteiger partial charge >= 0.3 is 6.03 Å². The Morgan fingerprint density at radius 3 is 2.68 bits per heavy atom. The van der Waals surface area contributed by atoms with E-state index in [1.807, 2.05) is 23.4 Å². The lowest BCUT2D eigenvalue weighted by molar-refractivity contribution is 0.0821. The van der Waals surface area contributed by atoms with Gasteiger partial charge in [-0.2, -0.15) is 9.78 Å². The Labute approximate surface area is 226 Å². The van der Waals surface area contributed by atoms with Gasteiger partial charge in [-0.25, -0.2) is 19.2 Å². The van der Waals surface area contributed by atoms with Gasteiger partial charge in [-0.15, -0.1) is 5.10 Å². The van der Waals surface area contributed by atoms with Gasteiger partial charge in [0.15, 0.2) is 10.9 Å². The Balaban J connectivity index is 1.29. The largest absolute Gasteiger partial charge is 0.351 e. The number of aryl methyl sites for hydroxylation is 1. The molecule has 0 bridgehead atoms. The van der Waals surface area contributed by atoms with Crippen LogP contribution < -0.4 is 15.5 Å². The summed E-state index contributed by atoms with van der Waals surface area (Å²) in [6.45, 7) is 5.13. The fourth-order valence-corrected chi connectivity index (χ4v) is 7.21. The first-order valence-corrected chi connectivity index (χ1v) is 14.0. The Morgan fingerprint density at radius 1 is 1.24 bits per heavy atom. The summed E-state index contributed by atoms with van der Waals surface area (Å²) in [5.74, 6) is 0.469. The number of hydrogen-bond donors (Lipinski definition) is 1. The molecule has 3 aromatic heterocycles. The highest BCUT2D eigenvalue weighted by atomic mass is 32.1. The molecule has 4 aromatic rings. The SMILES string of the molecule is CCc1nc2sc(N3CC4(CCCN(C(N)=O)C4)C3)nn2c1N(C)c1nc(-c2ccc(F)cc2)c(C#N)s1. The minimum atomic E-state index is -0.348. The van der Waals surface area contributed by atoms with Crippen LogP contribution in [0, 0.1) is 22.6 Å². The maximum atomic E-state index is 13.4. The summed E-state index contributed by atoms with van der Waals surface area (Å²) >= 11 is 2.82. The van der Waals surface area contributed by atoms with Crippen LogP contribution in [0.2, 0.25) is 0 Å². The molecule has 2 saturated heterocycles. The zero-order valence-corrected chi connectivity index (χ0v) is 22.6. The van der Waals surface area contributed by atoms with Crippen LogP contribution in [-0.2, 0) is 6.42 Å². The number of amides is 2. The van der Waals surface area contributed by atoms with Gasteiger partial charge in [-0.3, -0.25) is 0 Å². The van der Waals surface area contributed by atoms with Crippen molar-refractivity contribution in [3.8, 4) is 17.3 Å². The molecule has 1 aromatic carbocycles. The van der Waals surface area contributed by atoms with E-state index >= 15 is 0 Å². The third-order valence-corrected chi connectivity index (χ3v) is 9.32. The number of piperidine rings is 1. The lowest BCUT2D eigenvalue weighted by Crippen LogP contribution is -2.64. The van der Waals surface area contributed by atoms with Gasteiger partial charge in [0, 0.05) is 44.2 Å². The number of carbonyl (C=O) groups is 1. The Hall–Kier alpha value is -3.76. The zero-order valence-electron chi connectivity index (χ0n) is 21.0. The number of urea groups is 1. The number of nitrogens with zero attached hydrogens (tertiary/aromatic N) is 8. The highest BCUT2D eigenvalue weighted by Gasteiger charge is 2.47. The molecule has 196 valence electrons. The van der Waals surface area contributed by atoms with Gasteiger partial charge in [0.1, 0.15) is 22.5 Å². The molecule has 0 saturated carbocycles. The Kier molecular flexibility index (Phi) is 5.96. The normalized spacial score (nSPS) is 16.6. The number of likely N-dealkylation sites (tertiary alicyclic amines) is 1. The van der Waals surface area contributed by atoms with Gasteiger partial charge in [0.05, 0.1) is 5.69 Å². The van der Waals surface area contributed by atoms with Gasteiger partial charge in [0.25, 0.3) is 0 Å². The first kappa shape index (κ1) is 24.6. The second-order valence-electron chi connectivity index (χ2n) is 9.89. The molecule has 38 heavy (non-hydrogen) atoms. The molecule has 2 N–H and O–H groups in total. The predicted molar refractivity (Wildman–Crippen MR) is 146 cm³/mol. The molecular weight excluding hydrogens is 525 g/mol. The molecule has 2 aliphatic rings. The van der Waals surface area contributed by atoms with Crippen LogP contribution in [0.4, 0.5) is 25.3 Å². The van der Waals surface area contributed by atoms with Crippen LogP contribution in [0.15, 0.2) is 24.3 Å². The summed E-state index contributed by atoms with van der Waals surface area (Å²) < 4.78 is 15.3. The maximum Gasteiger partial charge on any atom is 0.314 e. The van der Waals surface area contributed by atoms with Crippen LogP contribution in [0.25, 0.3) is 16.2 Å². The molecule has 5 heterocycles. The number of halogens is 1. The highest BCUT2D eigenvalue weighted by molar-refractivity contribution is 7.20. The van der Waals surface area contributed by atoms with Crippen LogP contribution in [-0.4, -0.2) is 63.7 Å². The monoisotopic (exact) mass is 551 g/mol. The number of hydrogen-bond acceptors (Lipinski definition) is 9. The summed E-state index contributed by atoms with van der Waals surface area (Å²) in [5, 5.41) is 16.2. The molecular formula is C25H26FN9OS2. The van der Waals surface area contributed by atoms with E-state index in [-0.39, 0.29) is 17.3 Å². The summed E-state index contributed by atoms with van der Waals surface area (Å²) in [6.07, 6.45) is 2.75. The van der Waals surface area contributed by atoms with Crippen LogP contribution in [0.3, 0.4) is 0 Å². The number of aromatic nitrogens is 4. The number of nitrogens with two attached hydrogens (primary N) is 1. The molecule has 2 fully saturated rings. The van der Waals surface area contributed by atoms with Crippen molar-refractivity contribution < 1.29 is 9.18 Å². The molecule has 13 heteroatoms. The molecule has 1 spiro atoms. The fourth-order valence-electron chi connectivity index (χ4n) is 5.45. The van der Waals surface area contributed by atoms with Crippen molar-refractivity contribution in [3.63, 3.8) is 0 Å². The average Bonchev–Trinajstić information content (AvgIpc) is 3.59. The van der Waals surface area contributed by atoms with Crippen molar-refractivity contribution >= 4 is 49.7 Å². The molecule has 0 radical (unpaired) electrons. The number of fused-ring (bicyclic) bond motifs is 1. The second kappa shape index (κ2) is 9.21. The summed E-state index contributed by atoms with van der Waals surface area (Å²) in [4.78, 5) is 28.5. The molecule has 0 aliphatic carbocycles. The Morgan fingerprint density at radius 2 is 2.00 bits per heavy atom. The van der Waals surface area contributed by atoms with Crippen molar-refractivity contribution in [2.24, 2.45) is 11.1 Å². The standard InChI is InChI=1S/C25H26FN9OS2/c1-3-17-20(32(2)22-30-19(18(11-27)37-22)15-5-7-16(26)8-6-15)35-23(29-17)38-24(31-35)34-13-25(14-34)9-4-10-33(12-25)21(28)36/h5-8H,3-4,9-10,12-14H2,1-2H3,(H2,28,36). The van der Waals surface area contributed by atoms with E-state index in [0.717, 1.165) is 54.1 Å². The van der Waals surface area contributed by atoms with Crippen molar-refractivity contribution in [3.05, 3.63) is 40.7 Å². The van der Waals surface area contributed by atoms with Crippen molar-refractivity contribution in [1.29, 1.82) is 5.26 Å². The number of anilines is 3. The lowest BCUT2D eigenvalue weighted by Gasteiger charge is -2.54. The van der Waals surface area contributed by atoms with E-state index in [2.05, 4.69) is 11.0 Å². The first-order valence-electron chi connectivity index (χ1n) is 12.4. The third-order valence-electron chi connectivity index (χ3n) is 7.31. The maximum absolute atomic E-state index is 13.4. The molecule has 2 aliphatic heterocycles. The van der Waals surface area contributed by atoms with Gasteiger partial charge in [-0.05, 0) is 43.5 Å². The molecule has 2 amide bonds. The first-order chi connectivity index (χ1) is 18.3. The summed E-state index contributed by atoms with van der Waals surface area (Å²) in [6, 6.07) is 7.87. The lowest BCUT2D eigenvalue weighted by atomic mass is 9.73. The van der Waals surface area contributed by atoms with E-state index in [4.69, 9.17) is 20.8 Å². The molecule has 0 unspecified atom stereocenters. The quantitative estimate of drug-likeness (QED) is 0.394. The highest BCUT2D eigenvalue weighted by Crippen LogP contribution is 2.44. The number of rotatable bonds is 5. The van der Waals surface area contributed by atoms with E-state index in [0.29, 0.717) is 34.2 Å². The molecule has 6 rings (SSSR count). The van der Waals surface area contributed by atoms with E-state index in [1.54, 1.807) is 17.0 Å². The minimum absolute atomic E-state index is 0.0700. The number of carbonyl (C=O) groups excluding carboxylic acids is 1. The van der Waals surface area contributed by atoms with E-state index in [1.165, 1.54) is 34.8 Å². The van der Waals surface area contributed by atoms with Gasteiger partial charge < -0.3 is 20.4 Å². The van der Waals surface area contributed by atoms with Crippen molar-refractivity contribution in [1.82, 2.24) is 24.5 Å². The molecule has 0 atom stereocenters. The summed E-state index contributed by atoms with van der Waals surface area (Å²) in [7, 11) is 1.90. The average molecular weight is 552 g/mol. The smallest absolute Gasteiger partial charge is 0.314 e. The van der Waals surface area contributed by atoms with Crippen molar-refractivity contribution in [2.75, 3.05) is 43.0 Å². The second-order valence-corrected chi connectivity index (χ2v) is 11.8. The van der Waals surface area contributed by atoms with Crippen molar-refractivity contribution in [2.45, 2.75) is 26.2 Å². The van der Waals surface area contributed by atoms with Gasteiger partial charge in [-0.1, -0.05) is 29.6 Å². The number of imidazole rings is 1. The molecule has 10 nitrogen and oxygen atoms in total. The van der Waals surface area contributed by atoms with E-state index < -0.39 is 0 Å². The zero-order chi connectivity index (χ0) is 26.6. The fraction of sp³-hybridized carbons (Fsp3) is 0.400. The minimum Gasteiger partial charge on any atom is -0.351 e. The van der Waals surface area contributed by atoms with E-state index in [9.17, 15) is 14.4 Å². The summed E-state index contributed by atoms with van der Waals surface area (Å²) in [5.41, 5.74) is 7.71. The van der Waals surface area contributed by atoms with Crippen LogP contribution in [0.1, 0.15) is 30.3 Å². The number of nitriles is 1. The number of benzene rings is 1. The number of primary amides is 1. The predicted octanol–water partition coefficient (Wildman–Crippen LogP) is 4.24. The third kappa shape index (κ3) is 4.04. The van der Waals surface area contributed by atoms with Crippen LogP contribution >= 0.6 is 22.7 Å². The topological polar surface area (TPSA) is 120 Å². The van der Waals surface area contributed by atoms with Crippen LogP contribution in [0.5, 0.6) is 0 Å². The Bertz CT molecular complexity index is 1560. The van der Waals surface area contributed by atoms with Gasteiger partial charge in [0.2, 0.25) is 10.1 Å².